The first-order valence-corrected chi connectivity index (χ1v) is 6.56. The van der Waals surface area contributed by atoms with Gasteiger partial charge in [0.1, 0.15) is 0 Å². The Morgan fingerprint density at radius 1 is 1.24 bits per heavy atom. The number of aliphatic hydroxyl groups is 1. The van der Waals surface area contributed by atoms with Gasteiger partial charge in [-0.25, -0.2) is 0 Å². The summed E-state index contributed by atoms with van der Waals surface area (Å²) in [5, 5.41) is 10.1. The van der Waals surface area contributed by atoms with Crippen molar-refractivity contribution >= 4 is 0 Å². The molecule has 0 aliphatic carbocycles. The van der Waals surface area contributed by atoms with E-state index in [0.717, 1.165) is 24.8 Å². The molecule has 2 nitrogen and oxygen atoms in total. The molecular weight excluding hydrogens is 210 g/mol. The fourth-order valence-corrected chi connectivity index (χ4v) is 2.01. The number of hydrogen-bond donors (Lipinski definition) is 2. The minimum absolute atomic E-state index is 0.0811. The SMILES string of the molecule is CCCC[C@@H](O)[C@H](C)[C@H](N)c1ccc(C)cc1. The van der Waals surface area contributed by atoms with Gasteiger partial charge in [0.15, 0.2) is 0 Å². The number of aliphatic hydroxyl groups excluding tert-OH is 1. The Morgan fingerprint density at radius 2 is 1.82 bits per heavy atom. The number of nitrogens with two attached hydrogens (primary N) is 1. The summed E-state index contributed by atoms with van der Waals surface area (Å²) >= 11 is 0. The molecule has 0 fully saturated rings. The van der Waals surface area contributed by atoms with Crippen LogP contribution in [0.2, 0.25) is 0 Å². The second kappa shape index (κ2) is 6.77. The van der Waals surface area contributed by atoms with E-state index >= 15 is 0 Å². The first-order chi connectivity index (χ1) is 8.06. The summed E-state index contributed by atoms with van der Waals surface area (Å²) in [5.41, 5.74) is 8.55. The van der Waals surface area contributed by atoms with Gasteiger partial charge in [0.25, 0.3) is 0 Å². The fraction of sp³-hybridized carbons (Fsp3) is 0.600. The molecule has 0 aliphatic rings. The monoisotopic (exact) mass is 235 g/mol. The molecule has 0 aliphatic heterocycles. The zero-order valence-corrected chi connectivity index (χ0v) is 11.2. The quantitative estimate of drug-likeness (QED) is 0.795. The minimum Gasteiger partial charge on any atom is -0.393 e. The summed E-state index contributed by atoms with van der Waals surface area (Å²) in [5.74, 6) is 0.101. The Morgan fingerprint density at radius 3 is 2.35 bits per heavy atom. The molecule has 0 amide bonds. The van der Waals surface area contributed by atoms with Crippen LogP contribution in [0.25, 0.3) is 0 Å². The van der Waals surface area contributed by atoms with Crippen LogP contribution in [0.5, 0.6) is 0 Å². The molecule has 0 spiro atoms. The van der Waals surface area contributed by atoms with Crippen molar-refractivity contribution in [2.24, 2.45) is 11.7 Å². The maximum atomic E-state index is 10.1. The molecule has 96 valence electrons. The van der Waals surface area contributed by atoms with Gasteiger partial charge in [-0.2, -0.15) is 0 Å². The third-order valence-corrected chi connectivity index (χ3v) is 3.49. The van der Waals surface area contributed by atoms with Crippen molar-refractivity contribution in [3.8, 4) is 0 Å². The van der Waals surface area contributed by atoms with E-state index in [2.05, 4.69) is 38.1 Å². The normalized spacial score (nSPS) is 16.5. The van der Waals surface area contributed by atoms with Crippen molar-refractivity contribution < 1.29 is 5.11 Å². The average molecular weight is 235 g/mol. The van der Waals surface area contributed by atoms with Gasteiger partial charge in [-0.05, 0) is 18.9 Å². The van der Waals surface area contributed by atoms with Crippen molar-refractivity contribution in [1.82, 2.24) is 0 Å². The Balaban J connectivity index is 2.62. The van der Waals surface area contributed by atoms with Crippen molar-refractivity contribution in [2.75, 3.05) is 0 Å². The van der Waals surface area contributed by atoms with E-state index in [-0.39, 0.29) is 18.1 Å². The summed E-state index contributed by atoms with van der Waals surface area (Å²) in [6.07, 6.45) is 2.72. The highest BCUT2D eigenvalue weighted by Crippen LogP contribution is 2.24. The zero-order chi connectivity index (χ0) is 12.8. The van der Waals surface area contributed by atoms with Crippen LogP contribution in [0.4, 0.5) is 0 Å². The van der Waals surface area contributed by atoms with Crippen LogP contribution in [-0.4, -0.2) is 11.2 Å². The second-order valence-corrected chi connectivity index (χ2v) is 5.01. The zero-order valence-electron chi connectivity index (χ0n) is 11.2. The van der Waals surface area contributed by atoms with Crippen molar-refractivity contribution in [3.05, 3.63) is 35.4 Å². The van der Waals surface area contributed by atoms with E-state index in [1.165, 1.54) is 5.56 Å². The lowest BCUT2D eigenvalue weighted by Gasteiger charge is -2.25. The van der Waals surface area contributed by atoms with Crippen LogP contribution >= 0.6 is 0 Å². The first-order valence-electron chi connectivity index (χ1n) is 6.56. The maximum absolute atomic E-state index is 10.1. The second-order valence-electron chi connectivity index (χ2n) is 5.01. The van der Waals surface area contributed by atoms with Crippen molar-refractivity contribution in [2.45, 2.75) is 52.2 Å². The predicted octanol–water partition coefficient (Wildman–Crippen LogP) is 3.18. The molecule has 0 aromatic heterocycles. The lowest BCUT2D eigenvalue weighted by molar-refractivity contribution is 0.0915. The summed E-state index contributed by atoms with van der Waals surface area (Å²) in [4.78, 5) is 0. The molecule has 0 unspecified atom stereocenters. The lowest BCUT2D eigenvalue weighted by atomic mass is 9.88. The summed E-state index contributed by atoms with van der Waals surface area (Å²) in [7, 11) is 0. The van der Waals surface area contributed by atoms with E-state index in [1.54, 1.807) is 0 Å². The standard InChI is InChI=1S/C15H25NO/c1-4-5-6-14(17)12(3)15(16)13-9-7-11(2)8-10-13/h7-10,12,14-15,17H,4-6,16H2,1-3H3/t12-,14+,15-/m0/s1. The molecular formula is C15H25NO. The summed E-state index contributed by atoms with van der Waals surface area (Å²) in [6, 6.07) is 8.18. The third kappa shape index (κ3) is 4.14. The first kappa shape index (κ1) is 14.2. The molecule has 3 atom stereocenters. The van der Waals surface area contributed by atoms with Crippen LogP contribution in [0, 0.1) is 12.8 Å². The molecule has 1 aromatic carbocycles. The van der Waals surface area contributed by atoms with Gasteiger partial charge in [0.2, 0.25) is 0 Å². The molecule has 1 aromatic rings. The fourth-order valence-electron chi connectivity index (χ4n) is 2.01. The van der Waals surface area contributed by atoms with Gasteiger partial charge in [0.05, 0.1) is 6.10 Å². The average Bonchev–Trinajstić information content (AvgIpc) is 2.35. The maximum Gasteiger partial charge on any atom is 0.0583 e. The number of aryl methyl sites for hydroxylation is 1. The van der Waals surface area contributed by atoms with Gasteiger partial charge in [-0.1, -0.05) is 56.5 Å². The van der Waals surface area contributed by atoms with Gasteiger partial charge in [-0.3, -0.25) is 0 Å². The van der Waals surface area contributed by atoms with Crippen molar-refractivity contribution in [1.29, 1.82) is 0 Å². The third-order valence-electron chi connectivity index (χ3n) is 3.49. The summed E-state index contributed by atoms with van der Waals surface area (Å²) in [6.45, 7) is 6.23. The molecule has 1 rings (SSSR count). The van der Waals surface area contributed by atoms with E-state index in [0.29, 0.717) is 0 Å². The Hall–Kier alpha value is -0.860. The topological polar surface area (TPSA) is 46.2 Å². The van der Waals surface area contributed by atoms with Crippen LogP contribution in [0.15, 0.2) is 24.3 Å². The van der Waals surface area contributed by atoms with E-state index < -0.39 is 0 Å². The molecule has 2 heteroatoms. The van der Waals surface area contributed by atoms with Gasteiger partial charge in [0, 0.05) is 12.0 Å². The largest absolute Gasteiger partial charge is 0.393 e. The highest BCUT2D eigenvalue weighted by Gasteiger charge is 2.21. The molecule has 0 bridgehead atoms. The minimum atomic E-state index is -0.300. The van der Waals surface area contributed by atoms with Crippen LogP contribution in [-0.2, 0) is 0 Å². The molecule has 17 heavy (non-hydrogen) atoms. The lowest BCUT2D eigenvalue weighted by Crippen LogP contribution is -2.29. The van der Waals surface area contributed by atoms with Gasteiger partial charge >= 0.3 is 0 Å². The molecule has 3 N–H and O–H groups in total. The highest BCUT2D eigenvalue weighted by molar-refractivity contribution is 5.24. The number of hydrogen-bond acceptors (Lipinski definition) is 2. The van der Waals surface area contributed by atoms with E-state index in [4.69, 9.17) is 5.73 Å². The Labute approximate surface area is 105 Å². The van der Waals surface area contributed by atoms with Crippen LogP contribution in [0.3, 0.4) is 0 Å². The predicted molar refractivity (Wildman–Crippen MR) is 72.8 cm³/mol. The molecule has 0 radical (unpaired) electrons. The molecule has 0 saturated heterocycles. The summed E-state index contributed by atoms with van der Waals surface area (Å²) < 4.78 is 0. The van der Waals surface area contributed by atoms with Crippen LogP contribution < -0.4 is 5.73 Å². The number of rotatable bonds is 6. The van der Waals surface area contributed by atoms with E-state index in [9.17, 15) is 5.11 Å². The molecule has 0 saturated carbocycles. The molecule has 0 heterocycles. The van der Waals surface area contributed by atoms with E-state index in [1.807, 2.05) is 6.92 Å². The smallest absolute Gasteiger partial charge is 0.0583 e. The number of benzene rings is 1. The van der Waals surface area contributed by atoms with Gasteiger partial charge < -0.3 is 10.8 Å². The van der Waals surface area contributed by atoms with Gasteiger partial charge in [-0.15, -0.1) is 0 Å². The van der Waals surface area contributed by atoms with Crippen molar-refractivity contribution in [3.63, 3.8) is 0 Å². The Bertz CT molecular complexity index is 320. The highest BCUT2D eigenvalue weighted by atomic mass is 16.3. The number of unbranched alkanes of at least 4 members (excludes halogenated alkanes) is 1. The van der Waals surface area contributed by atoms with Crippen LogP contribution in [0.1, 0.15) is 50.3 Å². The Kier molecular flexibility index (Phi) is 5.66.